The van der Waals surface area contributed by atoms with Gasteiger partial charge in [0.1, 0.15) is 17.8 Å². The van der Waals surface area contributed by atoms with E-state index >= 15 is 0 Å². The SMILES string of the molecule is CC(=O)Nc1ccc(NC(=O)c2cc(NCc3ccc(Cl)cc3)ncn2)cc1. The highest BCUT2D eigenvalue weighted by Gasteiger charge is 2.09. The Hall–Kier alpha value is -3.45. The first-order valence-electron chi connectivity index (χ1n) is 8.49. The van der Waals surface area contributed by atoms with Crippen molar-refractivity contribution >= 4 is 40.6 Å². The third-order valence-electron chi connectivity index (χ3n) is 3.75. The van der Waals surface area contributed by atoms with Crippen molar-refractivity contribution in [1.82, 2.24) is 9.97 Å². The number of nitrogens with one attached hydrogen (secondary N) is 3. The Morgan fingerprint density at radius 2 is 1.57 bits per heavy atom. The summed E-state index contributed by atoms with van der Waals surface area (Å²) in [6, 6.07) is 15.8. The van der Waals surface area contributed by atoms with E-state index in [-0.39, 0.29) is 17.5 Å². The number of nitrogens with zero attached hydrogens (tertiary/aromatic N) is 2. The molecule has 28 heavy (non-hydrogen) atoms. The topological polar surface area (TPSA) is 96.0 Å². The third-order valence-corrected chi connectivity index (χ3v) is 4.00. The molecule has 8 heteroatoms. The fourth-order valence-corrected chi connectivity index (χ4v) is 2.53. The molecule has 0 atom stereocenters. The summed E-state index contributed by atoms with van der Waals surface area (Å²) < 4.78 is 0. The van der Waals surface area contributed by atoms with Gasteiger partial charge in [-0.2, -0.15) is 0 Å². The molecule has 142 valence electrons. The van der Waals surface area contributed by atoms with Crippen molar-refractivity contribution in [2.75, 3.05) is 16.0 Å². The maximum absolute atomic E-state index is 12.4. The van der Waals surface area contributed by atoms with Crippen molar-refractivity contribution in [3.05, 3.63) is 77.2 Å². The highest BCUT2D eigenvalue weighted by Crippen LogP contribution is 2.15. The average molecular weight is 396 g/mol. The van der Waals surface area contributed by atoms with E-state index in [9.17, 15) is 9.59 Å². The number of aromatic nitrogens is 2. The normalized spacial score (nSPS) is 10.2. The number of amides is 2. The molecule has 0 fully saturated rings. The number of hydrogen-bond acceptors (Lipinski definition) is 5. The van der Waals surface area contributed by atoms with Crippen molar-refractivity contribution in [3.8, 4) is 0 Å². The van der Waals surface area contributed by atoms with Crippen molar-refractivity contribution in [2.24, 2.45) is 0 Å². The molecule has 0 unspecified atom stereocenters. The average Bonchev–Trinajstić information content (AvgIpc) is 2.69. The Balaban J connectivity index is 1.61. The van der Waals surface area contributed by atoms with E-state index in [2.05, 4.69) is 25.9 Å². The van der Waals surface area contributed by atoms with Gasteiger partial charge in [-0.1, -0.05) is 23.7 Å². The van der Waals surface area contributed by atoms with Crippen LogP contribution in [0.3, 0.4) is 0 Å². The predicted octanol–water partition coefficient (Wildman–Crippen LogP) is 3.95. The fraction of sp³-hybridized carbons (Fsp3) is 0.100. The van der Waals surface area contributed by atoms with Gasteiger partial charge >= 0.3 is 0 Å². The molecular weight excluding hydrogens is 378 g/mol. The first-order valence-corrected chi connectivity index (χ1v) is 8.87. The number of hydrogen-bond donors (Lipinski definition) is 3. The first-order chi connectivity index (χ1) is 13.5. The zero-order valence-corrected chi connectivity index (χ0v) is 15.8. The molecular formula is C20H18ClN5O2. The largest absolute Gasteiger partial charge is 0.366 e. The molecule has 2 aromatic carbocycles. The van der Waals surface area contributed by atoms with E-state index in [1.807, 2.05) is 24.3 Å². The van der Waals surface area contributed by atoms with Gasteiger partial charge in [0.05, 0.1) is 0 Å². The molecule has 1 aromatic heterocycles. The van der Waals surface area contributed by atoms with Gasteiger partial charge in [0.25, 0.3) is 5.91 Å². The van der Waals surface area contributed by atoms with Crippen molar-refractivity contribution in [3.63, 3.8) is 0 Å². The lowest BCUT2D eigenvalue weighted by Crippen LogP contribution is -2.15. The van der Waals surface area contributed by atoms with E-state index in [0.29, 0.717) is 28.8 Å². The van der Waals surface area contributed by atoms with Crippen LogP contribution in [0.15, 0.2) is 60.9 Å². The molecule has 0 bridgehead atoms. The summed E-state index contributed by atoms with van der Waals surface area (Å²) in [5.41, 5.74) is 2.52. The van der Waals surface area contributed by atoms with Crippen LogP contribution < -0.4 is 16.0 Å². The van der Waals surface area contributed by atoms with Gasteiger partial charge in [0, 0.05) is 35.9 Å². The smallest absolute Gasteiger partial charge is 0.274 e. The zero-order valence-electron chi connectivity index (χ0n) is 15.1. The van der Waals surface area contributed by atoms with Crippen molar-refractivity contribution in [2.45, 2.75) is 13.5 Å². The second-order valence-corrected chi connectivity index (χ2v) is 6.42. The van der Waals surface area contributed by atoms with E-state index in [1.54, 1.807) is 30.3 Å². The minimum absolute atomic E-state index is 0.156. The molecule has 3 aromatic rings. The number of benzene rings is 2. The van der Waals surface area contributed by atoms with Crippen LogP contribution in [0.5, 0.6) is 0 Å². The maximum Gasteiger partial charge on any atom is 0.274 e. The van der Waals surface area contributed by atoms with E-state index in [1.165, 1.54) is 13.3 Å². The van der Waals surface area contributed by atoms with Crippen LogP contribution >= 0.6 is 11.6 Å². The van der Waals surface area contributed by atoms with Gasteiger partial charge in [-0.05, 0) is 42.0 Å². The minimum atomic E-state index is -0.357. The summed E-state index contributed by atoms with van der Waals surface area (Å²) in [6.07, 6.45) is 1.33. The minimum Gasteiger partial charge on any atom is -0.366 e. The van der Waals surface area contributed by atoms with Crippen LogP contribution in [0.4, 0.5) is 17.2 Å². The van der Waals surface area contributed by atoms with Crippen LogP contribution in [0.2, 0.25) is 5.02 Å². The number of halogens is 1. The lowest BCUT2D eigenvalue weighted by Gasteiger charge is -2.09. The van der Waals surface area contributed by atoms with Crippen LogP contribution in [-0.2, 0) is 11.3 Å². The van der Waals surface area contributed by atoms with E-state index in [0.717, 1.165) is 5.56 Å². The number of rotatable bonds is 6. The van der Waals surface area contributed by atoms with Crippen molar-refractivity contribution < 1.29 is 9.59 Å². The molecule has 0 saturated carbocycles. The molecule has 0 aliphatic carbocycles. The van der Waals surface area contributed by atoms with Crippen LogP contribution in [0.1, 0.15) is 23.0 Å². The summed E-state index contributed by atoms with van der Waals surface area (Å²) in [7, 11) is 0. The summed E-state index contributed by atoms with van der Waals surface area (Å²) in [5, 5.41) is 9.26. The lowest BCUT2D eigenvalue weighted by molar-refractivity contribution is -0.114. The second kappa shape index (κ2) is 8.96. The van der Waals surface area contributed by atoms with Gasteiger partial charge in [-0.25, -0.2) is 9.97 Å². The van der Waals surface area contributed by atoms with Gasteiger partial charge in [0.15, 0.2) is 0 Å². The molecule has 7 nitrogen and oxygen atoms in total. The van der Waals surface area contributed by atoms with E-state index in [4.69, 9.17) is 11.6 Å². The summed E-state index contributed by atoms with van der Waals surface area (Å²) >= 11 is 5.88. The van der Waals surface area contributed by atoms with Crippen molar-refractivity contribution in [1.29, 1.82) is 0 Å². The number of anilines is 3. The molecule has 0 radical (unpaired) electrons. The molecule has 3 rings (SSSR count). The summed E-state index contributed by atoms with van der Waals surface area (Å²) in [5.74, 6) is 0.0247. The van der Waals surface area contributed by atoms with E-state index < -0.39 is 0 Å². The Kier molecular flexibility index (Phi) is 6.18. The van der Waals surface area contributed by atoms with Crippen LogP contribution in [0, 0.1) is 0 Å². The van der Waals surface area contributed by atoms with Gasteiger partial charge < -0.3 is 16.0 Å². The van der Waals surface area contributed by atoms with Gasteiger partial charge in [0.2, 0.25) is 5.91 Å². The second-order valence-electron chi connectivity index (χ2n) is 5.98. The Bertz CT molecular complexity index is 975. The standard InChI is InChI=1S/C20H18ClN5O2/c1-13(27)25-16-6-8-17(9-7-16)26-20(28)18-10-19(24-12-23-18)22-11-14-2-4-15(21)5-3-14/h2-10,12H,11H2,1H3,(H,25,27)(H,26,28)(H,22,23,24). The summed E-state index contributed by atoms with van der Waals surface area (Å²) in [4.78, 5) is 31.6. The number of carbonyl (C=O) groups excluding carboxylic acids is 2. The molecule has 2 amide bonds. The monoisotopic (exact) mass is 395 g/mol. The molecule has 1 heterocycles. The zero-order chi connectivity index (χ0) is 19.9. The molecule has 0 saturated heterocycles. The van der Waals surface area contributed by atoms with Gasteiger partial charge in [-0.3, -0.25) is 9.59 Å². The molecule has 3 N–H and O–H groups in total. The lowest BCUT2D eigenvalue weighted by atomic mass is 10.2. The van der Waals surface area contributed by atoms with Gasteiger partial charge in [-0.15, -0.1) is 0 Å². The summed E-state index contributed by atoms with van der Waals surface area (Å²) in [6.45, 7) is 1.98. The Morgan fingerprint density at radius 1 is 0.929 bits per heavy atom. The van der Waals surface area contributed by atoms with Crippen LogP contribution in [0.25, 0.3) is 0 Å². The Morgan fingerprint density at radius 3 is 2.21 bits per heavy atom. The predicted molar refractivity (Wildman–Crippen MR) is 110 cm³/mol. The first kappa shape index (κ1) is 19.3. The molecule has 0 aliphatic rings. The number of carbonyl (C=O) groups is 2. The fourth-order valence-electron chi connectivity index (χ4n) is 2.41. The molecule has 0 spiro atoms. The third kappa shape index (κ3) is 5.52. The molecule has 0 aliphatic heterocycles. The van der Waals surface area contributed by atoms with Crippen LogP contribution in [-0.4, -0.2) is 21.8 Å². The quantitative estimate of drug-likeness (QED) is 0.587. The maximum atomic E-state index is 12.4. The Labute approximate surface area is 167 Å². The highest BCUT2D eigenvalue weighted by molar-refractivity contribution is 6.30. The highest BCUT2D eigenvalue weighted by atomic mass is 35.5.